The summed E-state index contributed by atoms with van der Waals surface area (Å²) in [6.07, 6.45) is -7.80. The van der Waals surface area contributed by atoms with E-state index in [1.807, 2.05) is 30.3 Å². The van der Waals surface area contributed by atoms with Gasteiger partial charge in [-0.25, -0.2) is 8.42 Å². The van der Waals surface area contributed by atoms with Gasteiger partial charge in [0.2, 0.25) is 0 Å². The Labute approximate surface area is 180 Å². The van der Waals surface area contributed by atoms with Gasteiger partial charge in [-0.3, -0.25) is 5.32 Å². The highest BCUT2D eigenvalue weighted by atomic mass is 32.2. The van der Waals surface area contributed by atoms with Gasteiger partial charge in [-0.15, -0.1) is 0 Å². The van der Waals surface area contributed by atoms with Gasteiger partial charge in [0.25, 0.3) is 0 Å². The lowest BCUT2D eigenvalue weighted by molar-refractivity contribution is -0.155. The van der Waals surface area contributed by atoms with Gasteiger partial charge in [0.15, 0.2) is 9.84 Å². The van der Waals surface area contributed by atoms with Crippen LogP contribution in [0.5, 0.6) is 5.75 Å². The van der Waals surface area contributed by atoms with Gasteiger partial charge in [-0.2, -0.15) is 13.2 Å². The summed E-state index contributed by atoms with van der Waals surface area (Å²) in [5.41, 5.74) is -0.0283. The smallest absolute Gasteiger partial charge is 0.391 e. The number of hydrogen-bond acceptors (Lipinski definition) is 5. The third-order valence-corrected chi connectivity index (χ3v) is 7.66. The first-order chi connectivity index (χ1) is 14.5. The van der Waals surface area contributed by atoms with Crippen molar-refractivity contribution in [2.45, 2.75) is 54.9 Å². The molecule has 0 fully saturated rings. The molecule has 2 N–H and O–H groups in total. The molecule has 9 heteroatoms. The van der Waals surface area contributed by atoms with Crippen LogP contribution in [0.1, 0.15) is 43.4 Å². The summed E-state index contributed by atoms with van der Waals surface area (Å²) in [5.74, 6) is 0.0476. The third kappa shape index (κ3) is 5.39. The molecular formula is C22H26F3NO4S. The van der Waals surface area contributed by atoms with E-state index in [0.29, 0.717) is 11.3 Å². The number of hydrogen-bond donors (Lipinski definition) is 2. The highest BCUT2D eigenvalue weighted by Gasteiger charge is 2.44. The fourth-order valence-corrected chi connectivity index (χ4v) is 6.29. The molecule has 31 heavy (non-hydrogen) atoms. The zero-order chi connectivity index (χ0) is 22.9. The first-order valence-corrected chi connectivity index (χ1v) is 11.6. The summed E-state index contributed by atoms with van der Waals surface area (Å²) in [4.78, 5) is 0.107. The Bertz CT molecular complexity index is 1010. The van der Waals surface area contributed by atoms with E-state index in [1.165, 1.54) is 13.2 Å². The minimum absolute atomic E-state index is 0.107. The largest absolute Gasteiger partial charge is 0.497 e. The maximum absolute atomic E-state index is 13.3. The summed E-state index contributed by atoms with van der Waals surface area (Å²) in [7, 11) is -2.39. The highest BCUT2D eigenvalue weighted by Crippen LogP contribution is 2.40. The number of nitrogens with one attached hydrogen (secondary N) is 1. The Kier molecular flexibility index (Phi) is 6.69. The van der Waals surface area contributed by atoms with Gasteiger partial charge in [0.1, 0.15) is 5.75 Å². The van der Waals surface area contributed by atoms with Crippen LogP contribution in [0.25, 0.3) is 0 Å². The second kappa shape index (κ2) is 8.80. The number of sulfone groups is 1. The van der Waals surface area contributed by atoms with Crippen LogP contribution in [-0.4, -0.2) is 44.2 Å². The lowest BCUT2D eigenvalue weighted by Crippen LogP contribution is -2.52. The molecule has 3 atom stereocenters. The van der Waals surface area contributed by atoms with Crippen LogP contribution >= 0.6 is 0 Å². The van der Waals surface area contributed by atoms with Crippen molar-refractivity contribution in [2.24, 2.45) is 0 Å². The Morgan fingerprint density at radius 2 is 1.90 bits per heavy atom. The average Bonchev–Trinajstić information content (AvgIpc) is 2.79. The third-order valence-electron chi connectivity index (χ3n) is 5.68. The highest BCUT2D eigenvalue weighted by molar-refractivity contribution is 7.91. The second-order valence-electron chi connectivity index (χ2n) is 7.96. The number of aliphatic hydroxyl groups excluding tert-OH is 1. The van der Waals surface area contributed by atoms with E-state index in [2.05, 4.69) is 5.32 Å². The fourth-order valence-electron chi connectivity index (χ4n) is 4.19. The van der Waals surface area contributed by atoms with Crippen LogP contribution in [-0.2, 0) is 9.84 Å². The van der Waals surface area contributed by atoms with E-state index >= 15 is 0 Å². The molecular weight excluding hydrogens is 431 g/mol. The molecule has 170 valence electrons. The van der Waals surface area contributed by atoms with Crippen molar-refractivity contribution in [3.8, 4) is 5.75 Å². The Hall–Kier alpha value is -2.10. The summed E-state index contributed by atoms with van der Waals surface area (Å²) in [5, 5.41) is 13.5. The van der Waals surface area contributed by atoms with E-state index in [-0.39, 0.29) is 17.7 Å². The quantitative estimate of drug-likeness (QED) is 0.686. The van der Waals surface area contributed by atoms with Crippen molar-refractivity contribution in [2.75, 3.05) is 12.9 Å². The molecule has 2 aromatic rings. The molecule has 1 heterocycles. The molecule has 0 aliphatic carbocycles. The minimum Gasteiger partial charge on any atom is -0.497 e. The van der Waals surface area contributed by atoms with Crippen molar-refractivity contribution in [1.29, 1.82) is 0 Å². The van der Waals surface area contributed by atoms with Crippen molar-refractivity contribution in [3.63, 3.8) is 0 Å². The summed E-state index contributed by atoms with van der Waals surface area (Å²) < 4.78 is 70.5. The Morgan fingerprint density at radius 1 is 1.23 bits per heavy atom. The summed E-state index contributed by atoms with van der Waals surface area (Å²) in [6, 6.07) is 13.1. The van der Waals surface area contributed by atoms with Gasteiger partial charge in [0, 0.05) is 5.54 Å². The molecule has 0 radical (unpaired) electrons. The molecule has 1 aliphatic heterocycles. The van der Waals surface area contributed by atoms with Crippen LogP contribution in [0.3, 0.4) is 0 Å². The molecule has 1 aliphatic rings. The number of rotatable bonds is 6. The van der Waals surface area contributed by atoms with Gasteiger partial charge < -0.3 is 9.84 Å². The first kappa shape index (κ1) is 23.6. The van der Waals surface area contributed by atoms with E-state index in [1.54, 1.807) is 19.1 Å². The normalized spacial score (nSPS) is 24.1. The van der Waals surface area contributed by atoms with Gasteiger partial charge in [-0.1, -0.05) is 37.3 Å². The zero-order valence-electron chi connectivity index (χ0n) is 17.3. The van der Waals surface area contributed by atoms with E-state index in [0.717, 1.165) is 5.56 Å². The Morgan fingerprint density at radius 3 is 2.48 bits per heavy atom. The van der Waals surface area contributed by atoms with E-state index < -0.39 is 45.9 Å². The van der Waals surface area contributed by atoms with Crippen molar-refractivity contribution in [3.05, 3.63) is 59.7 Å². The molecule has 0 amide bonds. The molecule has 0 aromatic heterocycles. The van der Waals surface area contributed by atoms with Crippen LogP contribution in [0, 0.1) is 0 Å². The number of aliphatic hydroxyl groups is 1. The monoisotopic (exact) mass is 457 g/mol. The fraction of sp³-hybridized carbons (Fsp3) is 0.455. The molecule has 0 unspecified atom stereocenters. The van der Waals surface area contributed by atoms with Crippen LogP contribution in [0.15, 0.2) is 53.4 Å². The number of alkyl halides is 3. The lowest BCUT2D eigenvalue weighted by atomic mass is 9.87. The van der Waals surface area contributed by atoms with Crippen molar-refractivity contribution >= 4 is 9.84 Å². The predicted molar refractivity (Wildman–Crippen MR) is 111 cm³/mol. The molecule has 0 saturated heterocycles. The predicted octanol–water partition coefficient (Wildman–Crippen LogP) is 4.01. The van der Waals surface area contributed by atoms with Gasteiger partial charge >= 0.3 is 6.18 Å². The van der Waals surface area contributed by atoms with Gasteiger partial charge in [0.05, 0.1) is 36.3 Å². The maximum Gasteiger partial charge on any atom is 0.391 e. The molecule has 0 spiro atoms. The van der Waals surface area contributed by atoms with E-state index in [9.17, 15) is 26.7 Å². The standard InChI is InChI=1S/C22H26F3NO4S/c1-3-21(12-16(27)13-22(23,24)25)14-31(28,29)19-10-9-17(30-2)11-18(19)20(26-21)15-7-5-4-6-8-15/h4-11,16,20,26-27H,3,12-14H2,1-2H3/t16-,20-,21-/m0/s1. The maximum atomic E-state index is 13.3. The SMILES string of the molecule is CC[C@]1(C[C@H](O)CC(F)(F)F)CS(=O)(=O)c2ccc(OC)cc2[C@H](c2ccccc2)N1. The second-order valence-corrected chi connectivity index (χ2v) is 9.92. The minimum atomic E-state index is -4.55. The van der Waals surface area contributed by atoms with Crippen LogP contribution in [0.2, 0.25) is 0 Å². The van der Waals surface area contributed by atoms with E-state index in [4.69, 9.17) is 4.74 Å². The number of fused-ring (bicyclic) bond motifs is 1. The first-order valence-electron chi connectivity index (χ1n) is 9.97. The summed E-state index contributed by atoms with van der Waals surface area (Å²) >= 11 is 0. The molecule has 0 saturated carbocycles. The molecule has 5 nitrogen and oxygen atoms in total. The Balaban J connectivity index is 2.14. The number of benzene rings is 2. The number of halogens is 3. The topological polar surface area (TPSA) is 75.6 Å². The summed E-state index contributed by atoms with van der Waals surface area (Å²) in [6.45, 7) is 1.71. The average molecular weight is 458 g/mol. The molecule has 0 bridgehead atoms. The van der Waals surface area contributed by atoms with Crippen molar-refractivity contribution < 1.29 is 31.4 Å². The van der Waals surface area contributed by atoms with Gasteiger partial charge in [-0.05, 0) is 42.2 Å². The zero-order valence-corrected chi connectivity index (χ0v) is 18.1. The molecule has 2 aromatic carbocycles. The number of ether oxygens (including phenoxy) is 1. The van der Waals surface area contributed by atoms with Crippen molar-refractivity contribution in [1.82, 2.24) is 5.32 Å². The lowest BCUT2D eigenvalue weighted by Gasteiger charge is -2.37. The molecule has 3 rings (SSSR count). The van der Waals surface area contributed by atoms with Crippen LogP contribution in [0.4, 0.5) is 13.2 Å². The number of methoxy groups -OCH3 is 1. The van der Waals surface area contributed by atoms with Crippen LogP contribution < -0.4 is 10.1 Å².